The highest BCUT2D eigenvalue weighted by atomic mass is 16.2. The van der Waals surface area contributed by atoms with E-state index >= 15 is 0 Å². The second kappa shape index (κ2) is 7.41. The first-order valence-electron chi connectivity index (χ1n) is 7.06. The van der Waals surface area contributed by atoms with E-state index in [0.717, 1.165) is 13.1 Å². The van der Waals surface area contributed by atoms with Crippen molar-refractivity contribution < 1.29 is 4.79 Å². The first-order valence-corrected chi connectivity index (χ1v) is 7.06. The van der Waals surface area contributed by atoms with Crippen LogP contribution in [0.2, 0.25) is 0 Å². The van der Waals surface area contributed by atoms with E-state index in [1.807, 2.05) is 46.0 Å². The maximum Gasteiger partial charge on any atom is 0.237 e. The predicted octanol–water partition coefficient (Wildman–Crippen LogP) is 1.61. The fraction of sp³-hybridized carbons (Fsp3) is 0.562. The van der Waals surface area contributed by atoms with Gasteiger partial charge in [-0.2, -0.15) is 0 Å². The summed E-state index contributed by atoms with van der Waals surface area (Å²) >= 11 is 0. The molecule has 0 bridgehead atoms. The second-order valence-electron chi connectivity index (χ2n) is 6.36. The van der Waals surface area contributed by atoms with Gasteiger partial charge in [-0.3, -0.25) is 4.79 Å². The van der Waals surface area contributed by atoms with Crippen molar-refractivity contribution in [2.24, 2.45) is 11.1 Å². The van der Waals surface area contributed by atoms with E-state index in [4.69, 9.17) is 5.73 Å². The summed E-state index contributed by atoms with van der Waals surface area (Å²) in [4.78, 5) is 14.1. The standard InChI is InChI=1S/C16H27N3O/c1-16(2,3)14(17)15(20)18-10-11-19(4)12-13-8-6-5-7-9-13/h5-9,14H,10-12,17H2,1-4H3,(H,18,20)/t14-/m1/s1. The van der Waals surface area contributed by atoms with Gasteiger partial charge in [0.2, 0.25) is 5.91 Å². The van der Waals surface area contributed by atoms with Crippen molar-refractivity contribution in [1.82, 2.24) is 10.2 Å². The lowest BCUT2D eigenvalue weighted by Crippen LogP contribution is -2.49. The SMILES string of the molecule is CN(CCNC(=O)[C@@H](N)C(C)(C)C)Cc1ccccc1. The Labute approximate surface area is 122 Å². The molecule has 0 heterocycles. The Hall–Kier alpha value is -1.39. The highest BCUT2D eigenvalue weighted by Gasteiger charge is 2.26. The molecule has 112 valence electrons. The summed E-state index contributed by atoms with van der Waals surface area (Å²) in [5.41, 5.74) is 6.97. The minimum atomic E-state index is -0.470. The van der Waals surface area contributed by atoms with Crippen LogP contribution in [-0.4, -0.2) is 37.0 Å². The third kappa shape index (κ3) is 5.72. The van der Waals surface area contributed by atoms with Crippen molar-refractivity contribution in [3.05, 3.63) is 35.9 Å². The molecule has 3 N–H and O–H groups in total. The van der Waals surface area contributed by atoms with Crippen LogP contribution in [0.1, 0.15) is 26.3 Å². The van der Waals surface area contributed by atoms with Gasteiger partial charge in [-0.15, -0.1) is 0 Å². The third-order valence-electron chi connectivity index (χ3n) is 3.30. The van der Waals surface area contributed by atoms with Gasteiger partial charge in [-0.1, -0.05) is 51.1 Å². The Morgan fingerprint density at radius 2 is 1.90 bits per heavy atom. The number of benzene rings is 1. The molecule has 1 rings (SSSR count). The molecule has 0 saturated heterocycles. The molecule has 0 spiro atoms. The summed E-state index contributed by atoms with van der Waals surface area (Å²) in [6, 6.07) is 9.81. The minimum Gasteiger partial charge on any atom is -0.353 e. The van der Waals surface area contributed by atoms with Crippen molar-refractivity contribution >= 4 is 5.91 Å². The number of nitrogens with one attached hydrogen (secondary N) is 1. The molecular weight excluding hydrogens is 250 g/mol. The van der Waals surface area contributed by atoms with E-state index in [1.54, 1.807) is 0 Å². The molecule has 1 aromatic carbocycles. The van der Waals surface area contributed by atoms with Crippen LogP contribution in [0.3, 0.4) is 0 Å². The van der Waals surface area contributed by atoms with Gasteiger partial charge in [0.15, 0.2) is 0 Å². The van der Waals surface area contributed by atoms with Crippen LogP contribution in [0.25, 0.3) is 0 Å². The van der Waals surface area contributed by atoms with Crippen LogP contribution >= 0.6 is 0 Å². The van der Waals surface area contributed by atoms with Gasteiger partial charge in [-0.25, -0.2) is 0 Å². The molecule has 1 aromatic rings. The van der Waals surface area contributed by atoms with E-state index < -0.39 is 6.04 Å². The van der Waals surface area contributed by atoms with Crippen LogP contribution in [-0.2, 0) is 11.3 Å². The lowest BCUT2D eigenvalue weighted by molar-refractivity contribution is -0.124. The molecule has 4 heteroatoms. The summed E-state index contributed by atoms with van der Waals surface area (Å²) in [6.45, 7) is 8.21. The van der Waals surface area contributed by atoms with Crippen molar-refractivity contribution in [2.75, 3.05) is 20.1 Å². The van der Waals surface area contributed by atoms with Crippen LogP contribution in [0.15, 0.2) is 30.3 Å². The molecule has 0 aliphatic rings. The normalized spacial score (nSPS) is 13.3. The highest BCUT2D eigenvalue weighted by molar-refractivity contribution is 5.82. The Morgan fingerprint density at radius 3 is 2.45 bits per heavy atom. The molecule has 0 radical (unpaired) electrons. The van der Waals surface area contributed by atoms with Gasteiger partial charge >= 0.3 is 0 Å². The monoisotopic (exact) mass is 277 g/mol. The van der Waals surface area contributed by atoms with Gasteiger partial charge in [0.1, 0.15) is 0 Å². The fourth-order valence-corrected chi connectivity index (χ4v) is 1.85. The first kappa shape index (κ1) is 16.7. The first-order chi connectivity index (χ1) is 9.30. The lowest BCUT2D eigenvalue weighted by Gasteiger charge is -2.26. The summed E-state index contributed by atoms with van der Waals surface area (Å²) in [5.74, 6) is -0.0781. The van der Waals surface area contributed by atoms with Gasteiger partial charge in [0.25, 0.3) is 0 Å². The van der Waals surface area contributed by atoms with Gasteiger partial charge in [0.05, 0.1) is 6.04 Å². The number of nitrogens with zero attached hydrogens (tertiary/aromatic N) is 1. The van der Waals surface area contributed by atoms with E-state index in [9.17, 15) is 4.79 Å². The number of carbonyl (C=O) groups is 1. The zero-order valence-electron chi connectivity index (χ0n) is 13.0. The Bertz CT molecular complexity index is 411. The molecule has 0 aliphatic carbocycles. The third-order valence-corrected chi connectivity index (χ3v) is 3.30. The molecule has 0 aromatic heterocycles. The molecule has 0 saturated carbocycles. The average Bonchev–Trinajstić information content (AvgIpc) is 2.37. The minimum absolute atomic E-state index is 0.0781. The second-order valence-corrected chi connectivity index (χ2v) is 6.36. The molecule has 4 nitrogen and oxygen atoms in total. The van der Waals surface area contributed by atoms with Crippen molar-refractivity contribution in [3.8, 4) is 0 Å². The molecule has 0 unspecified atom stereocenters. The summed E-state index contributed by atoms with van der Waals surface area (Å²) in [6.07, 6.45) is 0. The Kier molecular flexibility index (Phi) is 6.17. The zero-order valence-corrected chi connectivity index (χ0v) is 13.0. The zero-order chi connectivity index (χ0) is 15.2. The smallest absolute Gasteiger partial charge is 0.237 e. The lowest BCUT2D eigenvalue weighted by atomic mass is 9.87. The summed E-state index contributed by atoms with van der Waals surface area (Å²) in [5, 5.41) is 2.90. The molecule has 1 amide bonds. The fourth-order valence-electron chi connectivity index (χ4n) is 1.85. The van der Waals surface area contributed by atoms with Crippen LogP contribution in [0.5, 0.6) is 0 Å². The van der Waals surface area contributed by atoms with Crippen molar-refractivity contribution in [3.63, 3.8) is 0 Å². The van der Waals surface area contributed by atoms with Gasteiger partial charge in [-0.05, 0) is 18.0 Å². The molecular formula is C16H27N3O. The van der Waals surface area contributed by atoms with Gasteiger partial charge < -0.3 is 16.0 Å². The number of likely N-dealkylation sites (N-methyl/N-ethyl adjacent to an activating group) is 1. The Balaban J connectivity index is 2.29. The van der Waals surface area contributed by atoms with E-state index in [-0.39, 0.29) is 11.3 Å². The predicted molar refractivity (Wildman–Crippen MR) is 83.2 cm³/mol. The number of hydrogen-bond acceptors (Lipinski definition) is 3. The maximum atomic E-state index is 11.9. The molecule has 20 heavy (non-hydrogen) atoms. The molecule has 1 atom stereocenters. The largest absolute Gasteiger partial charge is 0.353 e. The van der Waals surface area contributed by atoms with E-state index in [2.05, 4.69) is 22.3 Å². The van der Waals surface area contributed by atoms with Crippen LogP contribution < -0.4 is 11.1 Å². The maximum absolute atomic E-state index is 11.9. The summed E-state index contributed by atoms with van der Waals surface area (Å²) in [7, 11) is 2.04. The number of nitrogens with two attached hydrogens (primary N) is 1. The van der Waals surface area contributed by atoms with Gasteiger partial charge in [0, 0.05) is 19.6 Å². The molecule has 0 aliphatic heterocycles. The number of carbonyl (C=O) groups excluding carboxylic acids is 1. The van der Waals surface area contributed by atoms with Crippen molar-refractivity contribution in [1.29, 1.82) is 0 Å². The topological polar surface area (TPSA) is 58.4 Å². The van der Waals surface area contributed by atoms with Crippen molar-refractivity contribution in [2.45, 2.75) is 33.4 Å². The number of amides is 1. The highest BCUT2D eigenvalue weighted by Crippen LogP contribution is 2.16. The quantitative estimate of drug-likeness (QED) is 0.830. The Morgan fingerprint density at radius 1 is 1.30 bits per heavy atom. The molecule has 0 fully saturated rings. The van der Waals surface area contributed by atoms with Crippen LogP contribution in [0, 0.1) is 5.41 Å². The number of hydrogen-bond donors (Lipinski definition) is 2. The van der Waals surface area contributed by atoms with Crippen LogP contribution in [0.4, 0.5) is 0 Å². The number of rotatable bonds is 6. The van der Waals surface area contributed by atoms with E-state index in [1.165, 1.54) is 5.56 Å². The van der Waals surface area contributed by atoms with E-state index in [0.29, 0.717) is 6.54 Å². The average molecular weight is 277 g/mol. The summed E-state index contributed by atoms with van der Waals surface area (Å²) < 4.78 is 0.